The van der Waals surface area contributed by atoms with Crippen molar-refractivity contribution in [2.45, 2.75) is 40.0 Å². The molecule has 1 atom stereocenters. The van der Waals surface area contributed by atoms with Crippen LogP contribution in [-0.4, -0.2) is 30.0 Å². The van der Waals surface area contributed by atoms with Gasteiger partial charge in [0, 0.05) is 13.1 Å². The Morgan fingerprint density at radius 1 is 1.48 bits per heavy atom. The Balaban J connectivity index is 2.17. The van der Waals surface area contributed by atoms with E-state index in [1.54, 1.807) is 6.92 Å². The van der Waals surface area contributed by atoms with E-state index in [4.69, 9.17) is 10.5 Å². The van der Waals surface area contributed by atoms with E-state index in [-0.39, 0.29) is 11.8 Å². The molecule has 0 radical (unpaired) electrons. The summed E-state index contributed by atoms with van der Waals surface area (Å²) < 4.78 is 9.27. The van der Waals surface area contributed by atoms with Crippen molar-refractivity contribution in [3.8, 4) is 0 Å². The molecule has 1 aliphatic heterocycles. The number of anilines is 2. The van der Waals surface area contributed by atoms with E-state index in [0.29, 0.717) is 18.1 Å². The number of hydrogen-bond acceptors (Lipinski definition) is 6. The normalized spacial score (nSPS) is 19.6. The lowest BCUT2D eigenvalue weighted by atomic mass is 9.89. The third-order valence-electron chi connectivity index (χ3n) is 4.18. The third-order valence-corrected chi connectivity index (χ3v) is 5.11. The number of nitrogens with two attached hydrogens (primary N) is 1. The van der Waals surface area contributed by atoms with Crippen LogP contribution in [0.4, 0.5) is 10.8 Å². The van der Waals surface area contributed by atoms with Gasteiger partial charge >= 0.3 is 5.97 Å². The van der Waals surface area contributed by atoms with Gasteiger partial charge in [-0.3, -0.25) is 0 Å². The molecule has 0 saturated carbocycles. The highest BCUT2D eigenvalue weighted by atomic mass is 32.1. The van der Waals surface area contributed by atoms with E-state index in [0.717, 1.165) is 36.9 Å². The number of ether oxygens (including phenoxy) is 1. The predicted octanol–water partition coefficient (Wildman–Crippen LogP) is 3.16. The SMILES string of the molecule is CCOC(=O)c1c(N)nsc1N1CCCC(C(C)C)CC1. The molecule has 6 heteroatoms. The number of rotatable bonds is 4. The fraction of sp³-hybridized carbons (Fsp3) is 0.733. The summed E-state index contributed by atoms with van der Waals surface area (Å²) in [4.78, 5) is 14.3. The lowest BCUT2D eigenvalue weighted by Crippen LogP contribution is -2.25. The van der Waals surface area contributed by atoms with Crippen molar-refractivity contribution < 1.29 is 9.53 Å². The lowest BCUT2D eigenvalue weighted by Gasteiger charge is -2.22. The van der Waals surface area contributed by atoms with Crippen LogP contribution in [0.5, 0.6) is 0 Å². The van der Waals surface area contributed by atoms with Crippen LogP contribution < -0.4 is 10.6 Å². The van der Waals surface area contributed by atoms with Gasteiger partial charge in [-0.05, 0) is 49.6 Å². The number of esters is 1. The van der Waals surface area contributed by atoms with E-state index < -0.39 is 0 Å². The third kappa shape index (κ3) is 3.67. The van der Waals surface area contributed by atoms with Gasteiger partial charge in [0.15, 0.2) is 5.82 Å². The maximum Gasteiger partial charge on any atom is 0.345 e. The highest BCUT2D eigenvalue weighted by Gasteiger charge is 2.27. The standard InChI is InChI=1S/C15H25N3O2S/c1-4-20-15(19)12-13(16)17-21-14(12)18-8-5-6-11(7-9-18)10(2)3/h10-11H,4-9H2,1-3H3,(H2,16,17). The van der Waals surface area contributed by atoms with Crippen molar-refractivity contribution in [2.75, 3.05) is 30.3 Å². The van der Waals surface area contributed by atoms with Gasteiger partial charge in [-0.1, -0.05) is 13.8 Å². The Hall–Kier alpha value is -1.30. The summed E-state index contributed by atoms with van der Waals surface area (Å²) in [5, 5.41) is 0.871. The monoisotopic (exact) mass is 311 g/mol. The summed E-state index contributed by atoms with van der Waals surface area (Å²) >= 11 is 1.31. The Bertz CT molecular complexity index is 487. The van der Waals surface area contributed by atoms with Gasteiger partial charge in [0.1, 0.15) is 10.6 Å². The maximum absolute atomic E-state index is 12.1. The van der Waals surface area contributed by atoms with Crippen molar-refractivity contribution in [3.05, 3.63) is 5.56 Å². The van der Waals surface area contributed by atoms with Crippen molar-refractivity contribution in [1.82, 2.24) is 4.37 Å². The molecule has 5 nitrogen and oxygen atoms in total. The molecule has 0 aromatic carbocycles. The van der Waals surface area contributed by atoms with E-state index in [1.165, 1.54) is 18.0 Å². The van der Waals surface area contributed by atoms with Crippen LogP contribution in [-0.2, 0) is 4.74 Å². The topological polar surface area (TPSA) is 68.5 Å². The Labute approximate surface area is 130 Å². The number of nitrogens with zero attached hydrogens (tertiary/aromatic N) is 2. The minimum Gasteiger partial charge on any atom is -0.462 e. The highest BCUT2D eigenvalue weighted by Crippen LogP contribution is 2.34. The highest BCUT2D eigenvalue weighted by molar-refractivity contribution is 7.11. The molecule has 1 aromatic rings. The molecule has 1 unspecified atom stereocenters. The number of aromatic nitrogens is 1. The van der Waals surface area contributed by atoms with Crippen LogP contribution >= 0.6 is 11.5 Å². The summed E-state index contributed by atoms with van der Waals surface area (Å²) in [6, 6.07) is 0. The molecule has 0 spiro atoms. The van der Waals surface area contributed by atoms with Crippen molar-refractivity contribution in [2.24, 2.45) is 11.8 Å². The summed E-state index contributed by atoms with van der Waals surface area (Å²) in [5.74, 6) is 1.40. The van der Waals surface area contributed by atoms with Gasteiger partial charge in [-0.15, -0.1) is 0 Å². The summed E-state index contributed by atoms with van der Waals surface area (Å²) in [6.07, 6.45) is 3.54. The maximum atomic E-state index is 12.1. The first-order valence-electron chi connectivity index (χ1n) is 7.71. The Kier molecular flexibility index (Phi) is 5.45. The zero-order chi connectivity index (χ0) is 15.4. The van der Waals surface area contributed by atoms with Gasteiger partial charge in [-0.25, -0.2) is 4.79 Å². The molecular formula is C15H25N3O2S. The Morgan fingerprint density at radius 3 is 2.90 bits per heavy atom. The first-order valence-corrected chi connectivity index (χ1v) is 8.49. The first kappa shape index (κ1) is 16.1. The molecule has 0 amide bonds. The number of nitrogen functional groups attached to an aromatic ring is 1. The van der Waals surface area contributed by atoms with Gasteiger partial charge in [0.2, 0.25) is 0 Å². The van der Waals surface area contributed by atoms with Crippen LogP contribution in [0.3, 0.4) is 0 Å². The van der Waals surface area contributed by atoms with Crippen molar-refractivity contribution in [1.29, 1.82) is 0 Å². The van der Waals surface area contributed by atoms with Crippen molar-refractivity contribution in [3.63, 3.8) is 0 Å². The molecule has 1 aliphatic rings. The molecule has 118 valence electrons. The van der Waals surface area contributed by atoms with Crippen LogP contribution in [0.15, 0.2) is 0 Å². The van der Waals surface area contributed by atoms with Gasteiger partial charge < -0.3 is 15.4 Å². The minimum absolute atomic E-state index is 0.290. The van der Waals surface area contributed by atoms with Crippen LogP contribution in [0.1, 0.15) is 50.4 Å². The molecule has 2 rings (SSSR count). The molecule has 1 aromatic heterocycles. The quantitative estimate of drug-likeness (QED) is 0.865. The summed E-state index contributed by atoms with van der Waals surface area (Å²) in [5.41, 5.74) is 6.31. The van der Waals surface area contributed by atoms with Crippen LogP contribution in [0.25, 0.3) is 0 Å². The summed E-state index contributed by atoms with van der Waals surface area (Å²) in [6.45, 7) is 8.63. The molecule has 2 heterocycles. The fourth-order valence-corrected chi connectivity index (χ4v) is 3.75. The van der Waals surface area contributed by atoms with Gasteiger partial charge in [0.05, 0.1) is 6.61 Å². The molecule has 1 saturated heterocycles. The van der Waals surface area contributed by atoms with Crippen LogP contribution in [0, 0.1) is 11.8 Å². The summed E-state index contributed by atoms with van der Waals surface area (Å²) in [7, 11) is 0. The van der Waals surface area contributed by atoms with E-state index >= 15 is 0 Å². The first-order chi connectivity index (χ1) is 10.0. The predicted molar refractivity (Wildman–Crippen MR) is 86.9 cm³/mol. The smallest absolute Gasteiger partial charge is 0.345 e. The minimum atomic E-state index is -0.358. The number of carbonyl (C=O) groups is 1. The lowest BCUT2D eigenvalue weighted by molar-refractivity contribution is 0.0528. The van der Waals surface area contributed by atoms with E-state index in [1.807, 2.05) is 0 Å². The van der Waals surface area contributed by atoms with Gasteiger partial charge in [-0.2, -0.15) is 4.37 Å². The zero-order valence-electron chi connectivity index (χ0n) is 13.1. The van der Waals surface area contributed by atoms with Crippen LogP contribution in [0.2, 0.25) is 0 Å². The largest absolute Gasteiger partial charge is 0.462 e. The van der Waals surface area contributed by atoms with Crippen molar-refractivity contribution >= 4 is 28.3 Å². The second-order valence-corrected chi connectivity index (χ2v) is 6.64. The molecule has 2 N–H and O–H groups in total. The van der Waals surface area contributed by atoms with E-state index in [2.05, 4.69) is 23.1 Å². The molecule has 0 aliphatic carbocycles. The molecular weight excluding hydrogens is 286 g/mol. The molecule has 0 bridgehead atoms. The number of carbonyl (C=O) groups excluding carboxylic acids is 1. The fourth-order valence-electron chi connectivity index (χ4n) is 2.90. The second kappa shape index (κ2) is 7.11. The zero-order valence-corrected chi connectivity index (χ0v) is 13.9. The van der Waals surface area contributed by atoms with E-state index in [9.17, 15) is 4.79 Å². The van der Waals surface area contributed by atoms with Gasteiger partial charge in [0.25, 0.3) is 0 Å². The average Bonchev–Trinajstić information content (AvgIpc) is 2.67. The number of hydrogen-bond donors (Lipinski definition) is 1. The Morgan fingerprint density at radius 2 is 2.24 bits per heavy atom. The molecule has 1 fully saturated rings. The second-order valence-electron chi connectivity index (χ2n) is 5.89. The molecule has 21 heavy (non-hydrogen) atoms. The average molecular weight is 311 g/mol.